The molecule has 0 bridgehead atoms. The molecule has 1 fully saturated rings. The van der Waals surface area contributed by atoms with Crippen molar-refractivity contribution in [2.75, 3.05) is 13.2 Å². The number of aryl methyl sites for hydroxylation is 1. The molecule has 102 valence electrons. The molecule has 19 heavy (non-hydrogen) atoms. The second-order valence-corrected chi connectivity index (χ2v) is 4.60. The van der Waals surface area contributed by atoms with Gasteiger partial charge in [0.1, 0.15) is 0 Å². The Hall–Kier alpha value is -1.95. The third kappa shape index (κ3) is 3.29. The van der Waals surface area contributed by atoms with Crippen molar-refractivity contribution >= 4 is 11.6 Å². The van der Waals surface area contributed by atoms with Gasteiger partial charge in [-0.25, -0.2) is 0 Å². The Morgan fingerprint density at radius 1 is 1.58 bits per heavy atom. The van der Waals surface area contributed by atoms with E-state index in [4.69, 9.17) is 4.74 Å². The first-order chi connectivity index (χ1) is 9.08. The fraction of sp³-hybridized carbons (Fsp3) is 0.462. The lowest BCUT2D eigenvalue weighted by Crippen LogP contribution is -2.31. The van der Waals surface area contributed by atoms with Gasteiger partial charge in [-0.2, -0.15) is 0 Å². The molecule has 0 aromatic heterocycles. The number of hydrogen-bond donors (Lipinski definition) is 1. The van der Waals surface area contributed by atoms with Crippen LogP contribution in [-0.4, -0.2) is 30.1 Å². The van der Waals surface area contributed by atoms with E-state index in [0.717, 1.165) is 19.4 Å². The molecule has 6 nitrogen and oxygen atoms in total. The SMILES string of the molecule is Cc1cc(C(=O)NC[C@H]2CCCO2)ccc1[N+](=O)[O-]. The van der Waals surface area contributed by atoms with Gasteiger partial charge in [0.15, 0.2) is 0 Å². The molecule has 1 aromatic carbocycles. The van der Waals surface area contributed by atoms with E-state index in [1.807, 2.05) is 0 Å². The second-order valence-electron chi connectivity index (χ2n) is 4.60. The van der Waals surface area contributed by atoms with Crippen LogP contribution >= 0.6 is 0 Å². The molecule has 1 atom stereocenters. The lowest BCUT2D eigenvalue weighted by molar-refractivity contribution is -0.385. The van der Waals surface area contributed by atoms with E-state index in [-0.39, 0.29) is 17.7 Å². The van der Waals surface area contributed by atoms with Crippen LogP contribution in [0.3, 0.4) is 0 Å². The normalized spacial score (nSPS) is 18.3. The molecule has 1 amide bonds. The maximum atomic E-state index is 11.9. The summed E-state index contributed by atoms with van der Waals surface area (Å²) >= 11 is 0. The average Bonchev–Trinajstić information content (AvgIpc) is 2.88. The van der Waals surface area contributed by atoms with Gasteiger partial charge in [-0.3, -0.25) is 14.9 Å². The summed E-state index contributed by atoms with van der Waals surface area (Å²) in [5, 5.41) is 13.5. The highest BCUT2D eigenvalue weighted by Gasteiger charge is 2.18. The van der Waals surface area contributed by atoms with Crippen LogP contribution in [0.2, 0.25) is 0 Å². The highest BCUT2D eigenvalue weighted by molar-refractivity contribution is 5.94. The van der Waals surface area contributed by atoms with Gasteiger partial charge in [0.2, 0.25) is 0 Å². The van der Waals surface area contributed by atoms with Gasteiger partial charge in [-0.05, 0) is 31.9 Å². The minimum atomic E-state index is -0.455. The number of ether oxygens (including phenoxy) is 1. The summed E-state index contributed by atoms with van der Waals surface area (Å²) in [4.78, 5) is 22.1. The number of carbonyl (C=O) groups is 1. The molecule has 1 heterocycles. The second kappa shape index (κ2) is 5.79. The number of nitro groups is 1. The molecule has 0 radical (unpaired) electrons. The van der Waals surface area contributed by atoms with Crippen molar-refractivity contribution in [1.82, 2.24) is 5.32 Å². The smallest absolute Gasteiger partial charge is 0.272 e. The van der Waals surface area contributed by atoms with Gasteiger partial charge in [-0.15, -0.1) is 0 Å². The Bertz CT molecular complexity index is 495. The van der Waals surface area contributed by atoms with Crippen LogP contribution < -0.4 is 5.32 Å². The summed E-state index contributed by atoms with van der Waals surface area (Å²) in [6, 6.07) is 4.36. The van der Waals surface area contributed by atoms with E-state index in [0.29, 0.717) is 17.7 Å². The molecule has 0 aliphatic carbocycles. The van der Waals surface area contributed by atoms with Crippen molar-refractivity contribution in [2.24, 2.45) is 0 Å². The quantitative estimate of drug-likeness (QED) is 0.664. The number of amides is 1. The van der Waals surface area contributed by atoms with Crippen LogP contribution in [0.5, 0.6) is 0 Å². The van der Waals surface area contributed by atoms with Gasteiger partial charge in [0.25, 0.3) is 11.6 Å². The van der Waals surface area contributed by atoms with Crippen LogP contribution in [0.25, 0.3) is 0 Å². The van der Waals surface area contributed by atoms with Crippen LogP contribution in [0, 0.1) is 17.0 Å². The molecule has 1 saturated heterocycles. The van der Waals surface area contributed by atoms with Gasteiger partial charge in [-0.1, -0.05) is 0 Å². The number of benzene rings is 1. The zero-order valence-corrected chi connectivity index (χ0v) is 10.7. The van der Waals surface area contributed by atoms with Crippen molar-refractivity contribution < 1.29 is 14.5 Å². The third-order valence-electron chi connectivity index (χ3n) is 3.17. The molecule has 0 saturated carbocycles. The van der Waals surface area contributed by atoms with E-state index >= 15 is 0 Å². The van der Waals surface area contributed by atoms with Crippen molar-refractivity contribution in [1.29, 1.82) is 0 Å². The number of nitrogens with zero attached hydrogens (tertiary/aromatic N) is 1. The fourth-order valence-electron chi connectivity index (χ4n) is 2.12. The molecular formula is C13H16N2O4. The molecule has 6 heteroatoms. The molecule has 1 N–H and O–H groups in total. The minimum Gasteiger partial charge on any atom is -0.376 e. The summed E-state index contributed by atoms with van der Waals surface area (Å²) in [6.45, 7) is 2.85. The molecular weight excluding hydrogens is 248 g/mol. The molecule has 0 spiro atoms. The highest BCUT2D eigenvalue weighted by atomic mass is 16.6. The number of hydrogen-bond acceptors (Lipinski definition) is 4. The predicted octanol–water partition coefficient (Wildman–Crippen LogP) is 1.81. The molecule has 1 aliphatic rings. The predicted molar refractivity (Wildman–Crippen MR) is 69.1 cm³/mol. The van der Waals surface area contributed by atoms with Gasteiger partial charge < -0.3 is 10.1 Å². The van der Waals surface area contributed by atoms with Gasteiger partial charge in [0, 0.05) is 30.3 Å². The Labute approximate surface area is 110 Å². The largest absolute Gasteiger partial charge is 0.376 e. The van der Waals surface area contributed by atoms with Crippen LogP contribution in [0.15, 0.2) is 18.2 Å². The summed E-state index contributed by atoms with van der Waals surface area (Å²) in [6.07, 6.45) is 2.07. The van der Waals surface area contributed by atoms with E-state index in [1.165, 1.54) is 18.2 Å². The lowest BCUT2D eigenvalue weighted by atomic mass is 10.1. The maximum absolute atomic E-state index is 11.9. The standard InChI is InChI=1S/C13H16N2O4/c1-9-7-10(4-5-12(9)15(17)18)13(16)14-8-11-3-2-6-19-11/h4-5,7,11H,2-3,6,8H2,1H3,(H,14,16)/t11-/m1/s1. The monoisotopic (exact) mass is 264 g/mol. The number of carbonyl (C=O) groups excluding carboxylic acids is 1. The zero-order chi connectivity index (χ0) is 13.8. The first-order valence-corrected chi connectivity index (χ1v) is 6.23. The van der Waals surface area contributed by atoms with Gasteiger partial charge >= 0.3 is 0 Å². The van der Waals surface area contributed by atoms with Crippen molar-refractivity contribution in [3.63, 3.8) is 0 Å². The molecule has 1 aromatic rings. The van der Waals surface area contributed by atoms with E-state index in [2.05, 4.69) is 5.32 Å². The first-order valence-electron chi connectivity index (χ1n) is 6.23. The lowest BCUT2D eigenvalue weighted by Gasteiger charge is -2.11. The van der Waals surface area contributed by atoms with E-state index in [9.17, 15) is 14.9 Å². The van der Waals surface area contributed by atoms with Gasteiger partial charge in [0.05, 0.1) is 11.0 Å². The van der Waals surface area contributed by atoms with Crippen LogP contribution in [0.1, 0.15) is 28.8 Å². The Balaban J connectivity index is 1.98. The number of nitro benzene ring substituents is 1. The van der Waals surface area contributed by atoms with E-state index < -0.39 is 4.92 Å². The molecule has 1 aliphatic heterocycles. The first kappa shape index (κ1) is 13.5. The Morgan fingerprint density at radius 2 is 2.37 bits per heavy atom. The van der Waals surface area contributed by atoms with Crippen LogP contribution in [-0.2, 0) is 4.74 Å². The third-order valence-corrected chi connectivity index (χ3v) is 3.17. The summed E-state index contributed by atoms with van der Waals surface area (Å²) in [5.74, 6) is -0.228. The summed E-state index contributed by atoms with van der Waals surface area (Å²) in [7, 11) is 0. The zero-order valence-electron chi connectivity index (χ0n) is 10.7. The molecule has 0 unspecified atom stereocenters. The minimum absolute atomic E-state index is 0.0238. The van der Waals surface area contributed by atoms with E-state index in [1.54, 1.807) is 6.92 Å². The highest BCUT2D eigenvalue weighted by Crippen LogP contribution is 2.18. The maximum Gasteiger partial charge on any atom is 0.272 e. The van der Waals surface area contributed by atoms with Crippen LogP contribution in [0.4, 0.5) is 5.69 Å². The number of rotatable bonds is 4. The van der Waals surface area contributed by atoms with Crippen molar-refractivity contribution in [2.45, 2.75) is 25.9 Å². The summed E-state index contributed by atoms with van der Waals surface area (Å²) in [5.41, 5.74) is 0.937. The molecule has 2 rings (SSSR count). The average molecular weight is 264 g/mol. The Morgan fingerprint density at radius 3 is 2.95 bits per heavy atom. The van der Waals surface area contributed by atoms with Crippen molar-refractivity contribution in [3.05, 3.63) is 39.4 Å². The summed E-state index contributed by atoms with van der Waals surface area (Å²) < 4.78 is 5.41. The van der Waals surface area contributed by atoms with Crippen molar-refractivity contribution in [3.8, 4) is 0 Å². The topological polar surface area (TPSA) is 81.5 Å². The Kier molecular flexibility index (Phi) is 4.11. The number of nitrogens with one attached hydrogen (secondary N) is 1. The fourth-order valence-corrected chi connectivity index (χ4v) is 2.12.